The number of nitrogens with one attached hydrogen (secondary N) is 1. The Kier molecular flexibility index (Phi) is 8.11. The summed E-state index contributed by atoms with van der Waals surface area (Å²) in [5, 5.41) is 3.65. The third-order valence-corrected chi connectivity index (χ3v) is 9.35. The van der Waals surface area contributed by atoms with E-state index < -0.39 is 17.2 Å². The molecule has 0 amide bonds. The van der Waals surface area contributed by atoms with E-state index in [2.05, 4.69) is 37.2 Å². The molecule has 2 fully saturated rings. The largest absolute Gasteiger partial charge is 0.369 e. The van der Waals surface area contributed by atoms with Crippen LogP contribution in [-0.4, -0.2) is 63.2 Å². The van der Waals surface area contributed by atoms with Crippen molar-refractivity contribution in [2.24, 2.45) is 0 Å². The highest BCUT2D eigenvalue weighted by molar-refractivity contribution is 6.10. The van der Waals surface area contributed by atoms with Crippen molar-refractivity contribution in [3.63, 3.8) is 0 Å². The first-order valence-electron chi connectivity index (χ1n) is 15.9. The monoisotopic (exact) mass is 630 g/mol. The minimum Gasteiger partial charge on any atom is -0.369 e. The van der Waals surface area contributed by atoms with Gasteiger partial charge in [0.05, 0.1) is 12.1 Å². The number of halogens is 1. The fourth-order valence-electron chi connectivity index (χ4n) is 6.82. The molecule has 0 spiro atoms. The van der Waals surface area contributed by atoms with Crippen LogP contribution in [0.2, 0.25) is 0 Å². The molecule has 2 aromatic heterocycles. The molecule has 2 aliphatic heterocycles. The van der Waals surface area contributed by atoms with E-state index in [1.54, 1.807) is 25.1 Å². The zero-order valence-electron chi connectivity index (χ0n) is 26.4. The summed E-state index contributed by atoms with van der Waals surface area (Å²) in [6, 6.07) is 21.5. The van der Waals surface area contributed by atoms with E-state index in [-0.39, 0.29) is 40.6 Å². The summed E-state index contributed by atoms with van der Waals surface area (Å²) >= 11 is 0. The molecular weight excluding hydrogens is 595 g/mol. The van der Waals surface area contributed by atoms with E-state index >= 15 is 4.39 Å². The van der Waals surface area contributed by atoms with Gasteiger partial charge in [-0.15, -0.1) is 0 Å². The summed E-state index contributed by atoms with van der Waals surface area (Å²) in [5.74, 6) is -1.19. The second-order valence-electron chi connectivity index (χ2n) is 12.3. The van der Waals surface area contributed by atoms with Crippen LogP contribution in [0, 0.1) is 12.7 Å². The Morgan fingerprint density at radius 3 is 2.53 bits per heavy atom. The maximum absolute atomic E-state index is 15.2. The predicted octanol–water partition coefficient (Wildman–Crippen LogP) is 5.75. The van der Waals surface area contributed by atoms with Gasteiger partial charge >= 0.3 is 0 Å². The quantitative estimate of drug-likeness (QED) is 0.217. The number of carbonyl (C=O) groups excluding carboxylic acids is 2. The van der Waals surface area contributed by atoms with Crippen LogP contribution in [0.25, 0.3) is 11.0 Å². The fraction of sp³-hybridized carbons (Fsp3) is 0.270. The summed E-state index contributed by atoms with van der Waals surface area (Å²) in [4.78, 5) is 54.4. The number of hydrogen-bond acceptors (Lipinski definition) is 8. The number of aryl methyl sites for hydroxylation is 1. The van der Waals surface area contributed by atoms with Gasteiger partial charge in [-0.3, -0.25) is 23.9 Å². The molecule has 0 saturated carbocycles. The van der Waals surface area contributed by atoms with Crippen LogP contribution < -0.4 is 15.8 Å². The van der Waals surface area contributed by atoms with Crippen molar-refractivity contribution in [1.82, 2.24) is 19.4 Å². The number of ketones is 2. The molecule has 47 heavy (non-hydrogen) atoms. The van der Waals surface area contributed by atoms with Gasteiger partial charge in [-0.05, 0) is 75.2 Å². The first kappa shape index (κ1) is 30.4. The van der Waals surface area contributed by atoms with Gasteiger partial charge in [-0.1, -0.05) is 36.4 Å². The van der Waals surface area contributed by atoms with E-state index in [0.29, 0.717) is 17.0 Å². The van der Waals surface area contributed by atoms with Crippen LogP contribution in [0.4, 0.5) is 21.7 Å². The van der Waals surface area contributed by atoms with Crippen molar-refractivity contribution in [3.8, 4) is 0 Å². The maximum atomic E-state index is 15.2. The summed E-state index contributed by atoms with van der Waals surface area (Å²) in [6.45, 7) is 7.15. The van der Waals surface area contributed by atoms with Crippen molar-refractivity contribution in [2.45, 2.75) is 39.3 Å². The van der Waals surface area contributed by atoms with Crippen molar-refractivity contribution >= 4 is 39.9 Å². The van der Waals surface area contributed by atoms with Gasteiger partial charge in [0.25, 0.3) is 5.56 Å². The van der Waals surface area contributed by atoms with Gasteiger partial charge in [0.1, 0.15) is 11.5 Å². The van der Waals surface area contributed by atoms with Crippen molar-refractivity contribution in [3.05, 3.63) is 123 Å². The Morgan fingerprint density at radius 2 is 1.74 bits per heavy atom. The lowest BCUT2D eigenvalue weighted by Crippen LogP contribution is -2.50. The number of rotatable bonds is 8. The summed E-state index contributed by atoms with van der Waals surface area (Å²) in [6.07, 6.45) is 4.05. The molecule has 2 aliphatic rings. The van der Waals surface area contributed by atoms with E-state index in [9.17, 15) is 14.4 Å². The summed E-state index contributed by atoms with van der Waals surface area (Å²) in [7, 11) is 0. The second-order valence-corrected chi connectivity index (χ2v) is 12.3. The molecule has 3 aromatic carbocycles. The standard InChI is InChI=1S/C37H35FN6O3/c1-23-7-3-4-9-29(23)34(46)31-19-25-20-39-37(40-26-12-14-27(15-13-26)43-18-17-42-16-6-8-28(42)21-43)41-35(25)44(36(31)47)22-32-30(24(2)45)10-5-11-33(32)38/h3-5,7,9-15,19-20,28H,6,8,16-18,21-22H2,1-2H3,(H,39,40,41). The van der Waals surface area contributed by atoms with E-state index in [1.807, 2.05) is 18.2 Å². The average molecular weight is 631 g/mol. The normalized spacial score (nSPS) is 16.3. The Morgan fingerprint density at radius 1 is 0.957 bits per heavy atom. The smallest absolute Gasteiger partial charge is 0.263 e. The van der Waals surface area contributed by atoms with Gasteiger partial charge in [-0.25, -0.2) is 9.37 Å². The minimum absolute atomic E-state index is 0.0473. The zero-order chi connectivity index (χ0) is 32.7. The van der Waals surface area contributed by atoms with Gasteiger partial charge in [0, 0.05) is 65.3 Å². The zero-order valence-corrected chi connectivity index (χ0v) is 26.4. The Hall–Kier alpha value is -5.22. The average Bonchev–Trinajstić information content (AvgIpc) is 3.55. The number of pyridine rings is 1. The minimum atomic E-state index is -0.639. The molecule has 0 bridgehead atoms. The molecule has 0 aliphatic carbocycles. The topological polar surface area (TPSA) is 100 Å². The molecular formula is C37H35FN6O3. The van der Waals surface area contributed by atoms with Gasteiger partial charge in [0.15, 0.2) is 11.6 Å². The Labute approximate surface area is 271 Å². The second kappa shape index (κ2) is 12.5. The van der Waals surface area contributed by atoms with Crippen LogP contribution in [0.1, 0.15) is 57.2 Å². The van der Waals surface area contributed by atoms with Crippen molar-refractivity contribution < 1.29 is 14.0 Å². The number of Topliss-reactive ketones (excluding diaryl/α,β-unsaturated/α-hetero) is 1. The third-order valence-electron chi connectivity index (χ3n) is 9.35. The SMILES string of the molecule is CC(=O)c1cccc(F)c1Cn1c(=O)c(C(=O)c2ccccc2C)cc2cnc(Nc3ccc(N4CCN5CCCC5C4)cc3)nc21. The van der Waals surface area contributed by atoms with Crippen LogP contribution in [0.15, 0.2) is 83.8 Å². The molecule has 7 rings (SSSR count). The molecule has 0 radical (unpaired) electrons. The molecule has 1 unspecified atom stereocenters. The lowest BCUT2D eigenvalue weighted by Gasteiger charge is -2.38. The summed E-state index contributed by atoms with van der Waals surface area (Å²) < 4.78 is 16.5. The highest BCUT2D eigenvalue weighted by atomic mass is 19.1. The van der Waals surface area contributed by atoms with Crippen molar-refractivity contribution in [2.75, 3.05) is 36.4 Å². The summed E-state index contributed by atoms with van der Waals surface area (Å²) in [5.41, 5.74) is 2.71. The highest BCUT2D eigenvalue weighted by Crippen LogP contribution is 2.27. The van der Waals surface area contributed by atoms with Crippen LogP contribution in [0.3, 0.4) is 0 Å². The predicted molar refractivity (Wildman–Crippen MR) is 180 cm³/mol. The molecule has 4 heterocycles. The Balaban J connectivity index is 1.25. The number of anilines is 3. The lowest BCUT2D eigenvalue weighted by atomic mass is 9.99. The van der Waals surface area contributed by atoms with Crippen LogP contribution in [0.5, 0.6) is 0 Å². The molecule has 1 atom stereocenters. The molecule has 238 valence electrons. The first-order chi connectivity index (χ1) is 22.8. The van der Waals surface area contributed by atoms with Crippen molar-refractivity contribution in [1.29, 1.82) is 0 Å². The number of fused-ring (bicyclic) bond motifs is 2. The maximum Gasteiger partial charge on any atom is 0.263 e. The van der Waals surface area contributed by atoms with Gasteiger partial charge in [-0.2, -0.15) is 4.98 Å². The highest BCUT2D eigenvalue weighted by Gasteiger charge is 2.30. The van der Waals surface area contributed by atoms with E-state index in [1.165, 1.54) is 61.3 Å². The van der Waals surface area contributed by atoms with E-state index in [0.717, 1.165) is 36.6 Å². The molecule has 9 nitrogen and oxygen atoms in total. The number of hydrogen-bond donors (Lipinski definition) is 1. The number of carbonyl (C=O) groups is 2. The van der Waals surface area contributed by atoms with Gasteiger partial charge in [0.2, 0.25) is 5.95 Å². The number of benzene rings is 3. The van der Waals surface area contributed by atoms with Gasteiger partial charge < -0.3 is 10.2 Å². The molecule has 2 saturated heterocycles. The molecule has 10 heteroatoms. The number of aromatic nitrogens is 3. The number of nitrogens with zero attached hydrogens (tertiary/aromatic N) is 5. The van der Waals surface area contributed by atoms with Crippen LogP contribution in [-0.2, 0) is 6.54 Å². The van der Waals surface area contributed by atoms with Crippen LogP contribution >= 0.6 is 0 Å². The van der Waals surface area contributed by atoms with E-state index in [4.69, 9.17) is 0 Å². The molecule has 1 N–H and O–H groups in total. The number of piperazine rings is 1. The molecule has 5 aromatic rings. The third kappa shape index (κ3) is 5.92. The lowest BCUT2D eigenvalue weighted by molar-refractivity contribution is 0.101. The fourth-order valence-corrected chi connectivity index (χ4v) is 6.82. The Bertz CT molecular complexity index is 2080. The first-order valence-corrected chi connectivity index (χ1v) is 15.9.